The molecule has 0 radical (unpaired) electrons. The minimum atomic E-state index is -0.158. The molecule has 4 aromatic rings. The average molecular weight is 478 g/mol. The van der Waals surface area contributed by atoms with Crippen LogP contribution in [0.1, 0.15) is 22.3 Å². The third-order valence-electron chi connectivity index (χ3n) is 5.35. The Hall–Kier alpha value is -3.16. The van der Waals surface area contributed by atoms with Crippen LogP contribution in [-0.2, 0) is 4.79 Å². The first kappa shape index (κ1) is 23.0. The number of anilines is 1. The van der Waals surface area contributed by atoms with Gasteiger partial charge in [0.05, 0.1) is 22.2 Å². The molecule has 0 atom stereocenters. The molecule has 0 spiro atoms. The second-order valence-electron chi connectivity index (χ2n) is 7.92. The van der Waals surface area contributed by atoms with Crippen molar-refractivity contribution in [2.75, 3.05) is 11.1 Å². The smallest absolute Gasteiger partial charge is 0.234 e. The second-order valence-corrected chi connectivity index (χ2v) is 9.27. The second kappa shape index (κ2) is 9.77. The number of benzene rings is 2. The SMILES string of the molecule is Cc1cc(C)c(NC(=O)CSc2nnc(-c3ccncc3)n2-c2ccc(C)c(C)c2)c(Cl)c1. The molecule has 168 valence electrons. The molecule has 0 saturated carbocycles. The summed E-state index contributed by atoms with van der Waals surface area (Å²) < 4.78 is 1.98. The van der Waals surface area contributed by atoms with Gasteiger partial charge in [-0.1, -0.05) is 35.5 Å². The monoisotopic (exact) mass is 477 g/mol. The van der Waals surface area contributed by atoms with Crippen molar-refractivity contribution < 1.29 is 4.79 Å². The van der Waals surface area contributed by atoms with E-state index in [1.165, 1.54) is 22.9 Å². The van der Waals surface area contributed by atoms with E-state index in [2.05, 4.69) is 46.5 Å². The normalized spacial score (nSPS) is 10.9. The molecule has 33 heavy (non-hydrogen) atoms. The van der Waals surface area contributed by atoms with Gasteiger partial charge in [-0.3, -0.25) is 14.3 Å². The van der Waals surface area contributed by atoms with Crippen molar-refractivity contribution in [2.45, 2.75) is 32.9 Å². The highest BCUT2D eigenvalue weighted by atomic mass is 35.5. The van der Waals surface area contributed by atoms with Crippen LogP contribution in [0.3, 0.4) is 0 Å². The fourth-order valence-corrected chi connectivity index (χ4v) is 4.65. The molecule has 8 heteroatoms. The van der Waals surface area contributed by atoms with Crippen LogP contribution in [-0.4, -0.2) is 31.4 Å². The average Bonchev–Trinajstić information content (AvgIpc) is 3.21. The number of carbonyl (C=O) groups excluding carboxylic acids is 1. The van der Waals surface area contributed by atoms with Gasteiger partial charge in [-0.25, -0.2) is 0 Å². The Labute approximate surface area is 202 Å². The highest BCUT2D eigenvalue weighted by molar-refractivity contribution is 7.99. The lowest BCUT2D eigenvalue weighted by Gasteiger charge is -2.13. The molecular weight excluding hydrogens is 454 g/mol. The minimum absolute atomic E-state index is 0.158. The number of nitrogens with zero attached hydrogens (tertiary/aromatic N) is 4. The van der Waals surface area contributed by atoms with Gasteiger partial charge in [0, 0.05) is 18.0 Å². The summed E-state index contributed by atoms with van der Waals surface area (Å²) in [5.74, 6) is 0.707. The molecule has 0 aliphatic carbocycles. The van der Waals surface area contributed by atoms with Crippen molar-refractivity contribution >= 4 is 35.0 Å². The topological polar surface area (TPSA) is 72.7 Å². The number of halogens is 1. The fraction of sp³-hybridized carbons (Fsp3) is 0.200. The highest BCUT2D eigenvalue weighted by Gasteiger charge is 2.18. The summed E-state index contributed by atoms with van der Waals surface area (Å²) in [4.78, 5) is 16.8. The summed E-state index contributed by atoms with van der Waals surface area (Å²) in [5, 5.41) is 12.9. The standard InChI is InChI=1S/C25H24ClN5OS/c1-15-11-18(4)23(21(26)12-15)28-22(32)14-33-25-30-29-24(19-7-9-27-10-8-19)31(25)20-6-5-16(2)17(3)13-20/h5-13H,14H2,1-4H3,(H,28,32). The summed E-state index contributed by atoms with van der Waals surface area (Å²) in [5.41, 5.74) is 6.83. The molecule has 2 heterocycles. The van der Waals surface area contributed by atoms with Crippen molar-refractivity contribution in [2.24, 2.45) is 0 Å². The van der Waals surface area contributed by atoms with Crippen molar-refractivity contribution in [3.05, 3.63) is 82.1 Å². The lowest BCUT2D eigenvalue weighted by Crippen LogP contribution is -2.16. The van der Waals surface area contributed by atoms with Crippen LogP contribution in [0.15, 0.2) is 60.0 Å². The molecule has 1 N–H and O–H groups in total. The van der Waals surface area contributed by atoms with Gasteiger partial charge in [0.1, 0.15) is 0 Å². The minimum Gasteiger partial charge on any atom is -0.324 e. The van der Waals surface area contributed by atoms with Crippen LogP contribution in [0.2, 0.25) is 5.02 Å². The van der Waals surface area contributed by atoms with Crippen LogP contribution in [0.4, 0.5) is 5.69 Å². The van der Waals surface area contributed by atoms with Crippen LogP contribution in [0, 0.1) is 27.7 Å². The first-order valence-corrected chi connectivity index (χ1v) is 11.8. The lowest BCUT2D eigenvalue weighted by molar-refractivity contribution is -0.113. The predicted octanol–water partition coefficient (Wildman–Crippen LogP) is 5.95. The van der Waals surface area contributed by atoms with E-state index in [4.69, 9.17) is 11.6 Å². The molecule has 2 aromatic heterocycles. The maximum Gasteiger partial charge on any atom is 0.234 e. The van der Waals surface area contributed by atoms with Crippen LogP contribution >= 0.6 is 23.4 Å². The summed E-state index contributed by atoms with van der Waals surface area (Å²) in [6.07, 6.45) is 3.45. The zero-order valence-electron chi connectivity index (χ0n) is 18.9. The number of hydrogen-bond acceptors (Lipinski definition) is 5. The number of nitrogens with one attached hydrogen (secondary N) is 1. The Morgan fingerprint density at radius 3 is 2.42 bits per heavy atom. The van der Waals surface area contributed by atoms with Crippen molar-refractivity contribution in [1.29, 1.82) is 0 Å². The van der Waals surface area contributed by atoms with Gasteiger partial charge in [-0.2, -0.15) is 0 Å². The highest BCUT2D eigenvalue weighted by Crippen LogP contribution is 2.30. The molecule has 0 saturated heterocycles. The van der Waals surface area contributed by atoms with E-state index < -0.39 is 0 Å². The Morgan fingerprint density at radius 1 is 0.970 bits per heavy atom. The third kappa shape index (κ3) is 5.10. The zero-order valence-corrected chi connectivity index (χ0v) is 20.5. The first-order valence-electron chi connectivity index (χ1n) is 10.5. The van der Waals surface area contributed by atoms with Gasteiger partial charge < -0.3 is 5.32 Å². The number of thioether (sulfide) groups is 1. The molecule has 0 aliphatic heterocycles. The van der Waals surface area contributed by atoms with E-state index in [9.17, 15) is 4.79 Å². The number of hydrogen-bond donors (Lipinski definition) is 1. The molecular formula is C25H24ClN5OS. The number of aromatic nitrogens is 4. The van der Waals surface area contributed by atoms with E-state index in [1.807, 2.05) is 48.7 Å². The van der Waals surface area contributed by atoms with Gasteiger partial charge in [0.2, 0.25) is 5.91 Å². The van der Waals surface area contributed by atoms with Gasteiger partial charge in [-0.05, 0) is 80.3 Å². The third-order valence-corrected chi connectivity index (χ3v) is 6.58. The number of carbonyl (C=O) groups is 1. The van der Waals surface area contributed by atoms with E-state index in [-0.39, 0.29) is 11.7 Å². The van der Waals surface area contributed by atoms with E-state index >= 15 is 0 Å². The molecule has 6 nitrogen and oxygen atoms in total. The van der Waals surface area contributed by atoms with Crippen molar-refractivity contribution in [3.8, 4) is 17.1 Å². The Bertz CT molecular complexity index is 1300. The van der Waals surface area contributed by atoms with Crippen LogP contribution < -0.4 is 5.32 Å². The van der Waals surface area contributed by atoms with E-state index in [0.29, 0.717) is 21.7 Å². The number of pyridine rings is 1. The Balaban J connectivity index is 1.62. The van der Waals surface area contributed by atoms with Crippen molar-refractivity contribution in [1.82, 2.24) is 19.7 Å². The zero-order chi connectivity index (χ0) is 23.5. The molecule has 0 bridgehead atoms. The summed E-state index contributed by atoms with van der Waals surface area (Å²) in [7, 11) is 0. The molecule has 0 aliphatic rings. The summed E-state index contributed by atoms with van der Waals surface area (Å²) >= 11 is 7.68. The Morgan fingerprint density at radius 2 is 1.73 bits per heavy atom. The van der Waals surface area contributed by atoms with Gasteiger partial charge >= 0.3 is 0 Å². The van der Waals surface area contributed by atoms with Gasteiger partial charge in [0.15, 0.2) is 11.0 Å². The molecule has 1 amide bonds. The first-order chi connectivity index (χ1) is 15.8. The van der Waals surface area contributed by atoms with Crippen LogP contribution in [0.5, 0.6) is 0 Å². The molecule has 0 unspecified atom stereocenters. The molecule has 0 fully saturated rings. The maximum atomic E-state index is 12.7. The summed E-state index contributed by atoms with van der Waals surface area (Å²) in [6, 6.07) is 13.8. The maximum absolute atomic E-state index is 12.7. The molecule has 4 rings (SSSR count). The number of amides is 1. The van der Waals surface area contributed by atoms with Crippen LogP contribution in [0.25, 0.3) is 17.1 Å². The fourth-order valence-electron chi connectivity index (χ4n) is 3.53. The predicted molar refractivity (Wildman–Crippen MR) is 134 cm³/mol. The Kier molecular flexibility index (Phi) is 6.81. The van der Waals surface area contributed by atoms with Gasteiger partial charge in [-0.15, -0.1) is 10.2 Å². The van der Waals surface area contributed by atoms with Gasteiger partial charge in [0.25, 0.3) is 0 Å². The largest absolute Gasteiger partial charge is 0.324 e. The van der Waals surface area contributed by atoms with Crippen molar-refractivity contribution in [3.63, 3.8) is 0 Å². The molecule has 2 aromatic carbocycles. The quantitative estimate of drug-likeness (QED) is 0.347. The number of aryl methyl sites for hydroxylation is 4. The van der Waals surface area contributed by atoms with E-state index in [0.717, 1.165) is 22.4 Å². The summed E-state index contributed by atoms with van der Waals surface area (Å²) in [6.45, 7) is 8.05. The lowest BCUT2D eigenvalue weighted by atomic mass is 10.1. The number of rotatable bonds is 6. The van der Waals surface area contributed by atoms with E-state index in [1.54, 1.807) is 12.4 Å².